The molecule has 0 atom stereocenters. The van der Waals surface area contributed by atoms with E-state index in [-0.39, 0.29) is 18.2 Å². The van der Waals surface area contributed by atoms with Gasteiger partial charge in [0, 0.05) is 17.1 Å². The van der Waals surface area contributed by atoms with Gasteiger partial charge in [0.2, 0.25) is 16.9 Å². The number of rotatable bonds is 11. The minimum Gasteiger partial charge on any atom is -0.324 e. The Kier molecular flexibility index (Phi) is 9.35. The van der Waals surface area contributed by atoms with E-state index in [2.05, 4.69) is 25.8 Å². The average molecular weight is 534 g/mol. The zero-order chi connectivity index (χ0) is 26.0. The number of carbonyl (C=O) groups is 2. The number of nitrogens with one attached hydrogen (secondary N) is 2. The molecule has 4 aromatic rings. The highest BCUT2D eigenvalue weighted by Crippen LogP contribution is 2.19. The third kappa shape index (κ3) is 8.20. The van der Waals surface area contributed by atoms with E-state index in [0.717, 1.165) is 53.1 Å². The first-order chi connectivity index (χ1) is 18.0. The minimum atomic E-state index is -0.134. The summed E-state index contributed by atoms with van der Waals surface area (Å²) in [5.74, 6) is -0.225. The number of aryl methyl sites for hydroxylation is 3. The van der Waals surface area contributed by atoms with E-state index >= 15 is 0 Å². The van der Waals surface area contributed by atoms with Crippen molar-refractivity contribution in [3.05, 3.63) is 99.3 Å². The number of pyridine rings is 1. The van der Waals surface area contributed by atoms with E-state index in [1.54, 1.807) is 12.3 Å². The largest absolute Gasteiger partial charge is 0.324 e. The number of amides is 2. The topological polar surface area (TPSA) is 96.9 Å². The SMILES string of the molecule is Cc1ccccc1CC(=O)Nc1nnc(CCCCc2ccc(NC(=O)Cc3ccccc3Cl)cn2)s1. The van der Waals surface area contributed by atoms with Crippen molar-refractivity contribution in [1.82, 2.24) is 15.2 Å². The predicted octanol–water partition coefficient (Wildman–Crippen LogP) is 5.82. The third-order valence-electron chi connectivity index (χ3n) is 5.82. The number of halogens is 1. The van der Waals surface area contributed by atoms with Crippen LogP contribution in [0.2, 0.25) is 5.02 Å². The molecule has 190 valence electrons. The Balaban J connectivity index is 1.16. The van der Waals surface area contributed by atoms with Crippen LogP contribution in [0.25, 0.3) is 0 Å². The second-order valence-electron chi connectivity index (χ2n) is 8.71. The number of benzene rings is 2. The van der Waals surface area contributed by atoms with Gasteiger partial charge in [0.1, 0.15) is 5.01 Å². The van der Waals surface area contributed by atoms with E-state index in [1.165, 1.54) is 11.3 Å². The fraction of sp³-hybridized carbons (Fsp3) is 0.250. The number of nitrogens with zero attached hydrogens (tertiary/aromatic N) is 3. The van der Waals surface area contributed by atoms with Crippen LogP contribution in [-0.4, -0.2) is 27.0 Å². The van der Waals surface area contributed by atoms with Crippen molar-refractivity contribution in [3.8, 4) is 0 Å². The van der Waals surface area contributed by atoms with Gasteiger partial charge in [-0.3, -0.25) is 14.6 Å². The molecule has 0 bridgehead atoms. The number of aromatic nitrogens is 3. The molecule has 0 saturated carbocycles. The normalized spacial score (nSPS) is 10.8. The number of anilines is 2. The molecule has 2 aromatic heterocycles. The maximum absolute atomic E-state index is 12.3. The Bertz CT molecular complexity index is 1360. The minimum absolute atomic E-state index is 0.0911. The first-order valence-electron chi connectivity index (χ1n) is 12.1. The van der Waals surface area contributed by atoms with Crippen LogP contribution in [-0.2, 0) is 35.3 Å². The highest BCUT2D eigenvalue weighted by molar-refractivity contribution is 7.15. The molecule has 37 heavy (non-hydrogen) atoms. The van der Waals surface area contributed by atoms with E-state index in [1.807, 2.05) is 61.5 Å². The van der Waals surface area contributed by atoms with Gasteiger partial charge in [-0.25, -0.2) is 0 Å². The van der Waals surface area contributed by atoms with E-state index in [9.17, 15) is 9.59 Å². The van der Waals surface area contributed by atoms with Crippen LogP contribution in [0.4, 0.5) is 10.8 Å². The van der Waals surface area contributed by atoms with Crippen LogP contribution in [0.15, 0.2) is 66.9 Å². The molecule has 7 nitrogen and oxygen atoms in total. The Labute approximate surface area is 225 Å². The molecule has 2 aromatic carbocycles. The summed E-state index contributed by atoms with van der Waals surface area (Å²) in [5.41, 5.74) is 4.51. The molecule has 0 unspecified atom stereocenters. The highest BCUT2D eigenvalue weighted by atomic mass is 35.5. The Morgan fingerprint density at radius 3 is 2.30 bits per heavy atom. The summed E-state index contributed by atoms with van der Waals surface area (Å²) in [6, 6.07) is 19.0. The Morgan fingerprint density at radius 1 is 0.838 bits per heavy atom. The third-order valence-corrected chi connectivity index (χ3v) is 7.08. The molecule has 0 spiro atoms. The molecule has 0 saturated heterocycles. The Morgan fingerprint density at radius 2 is 1.54 bits per heavy atom. The Hall–Kier alpha value is -3.62. The molecule has 2 N–H and O–H groups in total. The lowest BCUT2D eigenvalue weighted by Gasteiger charge is -2.07. The molecule has 0 aliphatic carbocycles. The standard InChI is InChI=1S/C28H28ClN5O2S/c1-19-8-2-3-9-20(19)16-26(36)32-28-34-33-27(37-28)13-7-5-11-22-14-15-23(18-30-22)31-25(35)17-21-10-4-6-12-24(21)29/h2-4,6,8-10,12,14-15,18H,5,7,11,13,16-17H2,1H3,(H,31,35)(H,32,34,36). The van der Waals surface area contributed by atoms with Crippen molar-refractivity contribution in [1.29, 1.82) is 0 Å². The van der Waals surface area contributed by atoms with Crippen LogP contribution < -0.4 is 10.6 Å². The molecule has 0 fully saturated rings. The lowest BCUT2D eigenvalue weighted by atomic mass is 10.1. The van der Waals surface area contributed by atoms with Gasteiger partial charge in [0.25, 0.3) is 0 Å². The molecule has 0 radical (unpaired) electrons. The summed E-state index contributed by atoms with van der Waals surface area (Å²) >= 11 is 7.54. The van der Waals surface area contributed by atoms with Gasteiger partial charge in [0.15, 0.2) is 0 Å². The fourth-order valence-electron chi connectivity index (χ4n) is 3.80. The van der Waals surface area contributed by atoms with E-state index < -0.39 is 0 Å². The second-order valence-corrected chi connectivity index (χ2v) is 10.2. The van der Waals surface area contributed by atoms with Crippen molar-refractivity contribution in [2.75, 3.05) is 10.6 Å². The van der Waals surface area contributed by atoms with Crippen LogP contribution in [0.3, 0.4) is 0 Å². The van der Waals surface area contributed by atoms with Crippen molar-refractivity contribution in [2.45, 2.75) is 45.4 Å². The average Bonchev–Trinajstić information content (AvgIpc) is 3.32. The molecular formula is C28H28ClN5O2S. The van der Waals surface area contributed by atoms with Crippen molar-refractivity contribution >= 4 is 45.6 Å². The summed E-state index contributed by atoms with van der Waals surface area (Å²) in [4.78, 5) is 29.1. The molecule has 0 aliphatic rings. The monoisotopic (exact) mass is 533 g/mol. The smallest absolute Gasteiger partial charge is 0.230 e. The number of hydrogen-bond acceptors (Lipinski definition) is 6. The van der Waals surface area contributed by atoms with Crippen molar-refractivity contribution in [2.24, 2.45) is 0 Å². The van der Waals surface area contributed by atoms with Crippen LogP contribution in [0.5, 0.6) is 0 Å². The van der Waals surface area contributed by atoms with E-state index in [4.69, 9.17) is 11.6 Å². The van der Waals surface area contributed by atoms with Crippen molar-refractivity contribution < 1.29 is 9.59 Å². The van der Waals surface area contributed by atoms with Gasteiger partial charge in [-0.15, -0.1) is 10.2 Å². The quantitative estimate of drug-likeness (QED) is 0.237. The zero-order valence-electron chi connectivity index (χ0n) is 20.5. The zero-order valence-corrected chi connectivity index (χ0v) is 22.1. The summed E-state index contributed by atoms with van der Waals surface area (Å²) in [6.07, 6.45) is 5.71. The van der Waals surface area contributed by atoms with E-state index in [0.29, 0.717) is 22.3 Å². The molecule has 2 amide bonds. The molecular weight excluding hydrogens is 506 g/mol. The lowest BCUT2D eigenvalue weighted by Crippen LogP contribution is -2.14. The van der Waals surface area contributed by atoms with Gasteiger partial charge in [0.05, 0.1) is 24.7 Å². The van der Waals surface area contributed by atoms with Gasteiger partial charge in [-0.05, 0) is 61.1 Å². The number of hydrogen-bond donors (Lipinski definition) is 2. The summed E-state index contributed by atoms with van der Waals surface area (Å²) in [5, 5.41) is 16.0. The van der Waals surface area contributed by atoms with Gasteiger partial charge in [-0.1, -0.05) is 65.4 Å². The maximum Gasteiger partial charge on any atom is 0.230 e. The summed E-state index contributed by atoms with van der Waals surface area (Å²) in [7, 11) is 0. The highest BCUT2D eigenvalue weighted by Gasteiger charge is 2.11. The maximum atomic E-state index is 12.3. The summed E-state index contributed by atoms with van der Waals surface area (Å²) < 4.78 is 0. The van der Waals surface area contributed by atoms with Gasteiger partial charge >= 0.3 is 0 Å². The van der Waals surface area contributed by atoms with Gasteiger partial charge in [-0.2, -0.15) is 0 Å². The fourth-order valence-corrected chi connectivity index (χ4v) is 4.80. The molecule has 2 heterocycles. The number of carbonyl (C=O) groups excluding carboxylic acids is 2. The lowest BCUT2D eigenvalue weighted by molar-refractivity contribution is -0.116. The van der Waals surface area contributed by atoms with Gasteiger partial charge < -0.3 is 10.6 Å². The summed E-state index contributed by atoms with van der Waals surface area (Å²) in [6.45, 7) is 2.00. The first kappa shape index (κ1) is 26.4. The van der Waals surface area contributed by atoms with Crippen LogP contribution >= 0.6 is 22.9 Å². The molecule has 4 rings (SSSR count). The number of unbranched alkanes of at least 4 members (excludes halogenated alkanes) is 1. The van der Waals surface area contributed by atoms with Crippen LogP contribution in [0, 0.1) is 6.92 Å². The first-order valence-corrected chi connectivity index (χ1v) is 13.3. The molecule has 0 aliphatic heterocycles. The molecule has 9 heteroatoms. The van der Waals surface area contributed by atoms with Crippen molar-refractivity contribution in [3.63, 3.8) is 0 Å². The predicted molar refractivity (Wildman–Crippen MR) is 148 cm³/mol. The second kappa shape index (κ2) is 13.1. The van der Waals surface area contributed by atoms with Crippen LogP contribution in [0.1, 0.15) is 40.2 Å².